The molecule has 4 atom stereocenters. The summed E-state index contributed by atoms with van der Waals surface area (Å²) in [5.74, 6) is -4.90. The number of nitrogens with zero attached hydrogens (tertiary/aromatic N) is 2. The number of methoxy groups -OCH3 is 1. The molecule has 0 aromatic heterocycles. The van der Waals surface area contributed by atoms with Crippen molar-refractivity contribution in [2.45, 2.75) is 18.0 Å². The van der Waals surface area contributed by atoms with Crippen LogP contribution in [0.5, 0.6) is 5.75 Å². The predicted molar refractivity (Wildman–Crippen MR) is 140 cm³/mol. The fraction of sp³-hybridized carbons (Fsp3) is 0.222. The molecule has 2 aliphatic heterocycles. The average molecular weight is 580 g/mol. The minimum atomic E-state index is -1.79. The quantitative estimate of drug-likeness (QED) is 0.244. The van der Waals surface area contributed by atoms with Crippen LogP contribution in [0.15, 0.2) is 77.3 Å². The Morgan fingerprint density at radius 2 is 1.79 bits per heavy atom. The molecule has 5 rings (SSSR count). The summed E-state index contributed by atoms with van der Waals surface area (Å²) in [5.41, 5.74) is -0.708. The van der Waals surface area contributed by atoms with Gasteiger partial charge in [-0.05, 0) is 29.3 Å². The van der Waals surface area contributed by atoms with Crippen LogP contribution < -0.4 is 15.0 Å². The van der Waals surface area contributed by atoms with Crippen molar-refractivity contribution in [1.82, 2.24) is 5.32 Å². The Labute approximate surface area is 225 Å². The largest absolute Gasteiger partial charge is 0.494 e. The second kappa shape index (κ2) is 9.66. The monoisotopic (exact) mass is 579 g/mol. The Balaban J connectivity index is 1.66. The standard InChI is InChI=1S/C27H22BrN3O7/c1-38-20-13-18(31(36)37)11-12-19(20)30-24(32)21-22(25(30)33)27(26(34)35,14-15-5-3-2-4-6-15)29-23(21)16-7-9-17(28)10-8-16/h2-13,21-23,29H,14H2,1H3,(H,34,35)/t21-,22-,23-,27-/m0/s1. The van der Waals surface area contributed by atoms with Crippen molar-refractivity contribution in [2.24, 2.45) is 11.8 Å². The molecule has 0 bridgehead atoms. The summed E-state index contributed by atoms with van der Waals surface area (Å²) in [6.45, 7) is 0. The number of carbonyl (C=O) groups excluding carboxylic acids is 2. The van der Waals surface area contributed by atoms with Gasteiger partial charge >= 0.3 is 5.97 Å². The number of imide groups is 1. The molecule has 0 radical (unpaired) electrons. The molecule has 10 nitrogen and oxygen atoms in total. The fourth-order valence-electron chi connectivity index (χ4n) is 5.51. The van der Waals surface area contributed by atoms with Crippen LogP contribution in [0.25, 0.3) is 0 Å². The smallest absolute Gasteiger partial charge is 0.325 e. The molecular formula is C27H22BrN3O7. The van der Waals surface area contributed by atoms with Crippen molar-refractivity contribution in [2.75, 3.05) is 12.0 Å². The number of carboxylic acid groups (broad SMARTS) is 1. The number of hydrogen-bond acceptors (Lipinski definition) is 7. The number of nitro benzene ring substituents is 1. The van der Waals surface area contributed by atoms with E-state index in [1.54, 1.807) is 54.6 Å². The Morgan fingerprint density at radius 3 is 2.39 bits per heavy atom. The second-order valence-corrected chi connectivity index (χ2v) is 10.2. The lowest BCUT2D eigenvalue weighted by Crippen LogP contribution is -2.57. The van der Waals surface area contributed by atoms with E-state index in [1.807, 2.05) is 0 Å². The lowest BCUT2D eigenvalue weighted by molar-refractivity contribution is -0.384. The molecule has 194 valence electrons. The zero-order valence-electron chi connectivity index (χ0n) is 20.0. The van der Waals surface area contributed by atoms with E-state index in [2.05, 4.69) is 21.2 Å². The van der Waals surface area contributed by atoms with E-state index in [9.17, 15) is 29.6 Å². The lowest BCUT2D eigenvalue weighted by Gasteiger charge is -2.31. The second-order valence-electron chi connectivity index (χ2n) is 9.24. The molecule has 3 aromatic carbocycles. The van der Waals surface area contributed by atoms with E-state index in [-0.39, 0.29) is 23.5 Å². The summed E-state index contributed by atoms with van der Waals surface area (Å²) in [6.07, 6.45) is -0.0401. The molecule has 0 aliphatic carbocycles. The Hall–Kier alpha value is -4.09. The number of benzene rings is 3. The number of hydrogen-bond donors (Lipinski definition) is 2. The third kappa shape index (κ3) is 4.04. The maximum atomic E-state index is 14.0. The van der Waals surface area contributed by atoms with E-state index in [0.29, 0.717) is 11.1 Å². The average Bonchev–Trinajstić information content (AvgIpc) is 3.38. The normalized spacial score (nSPS) is 24.4. The van der Waals surface area contributed by atoms with E-state index in [4.69, 9.17) is 4.74 Å². The van der Waals surface area contributed by atoms with Crippen molar-refractivity contribution in [3.63, 3.8) is 0 Å². The number of rotatable bonds is 7. The number of carboxylic acids is 1. The van der Waals surface area contributed by atoms with Gasteiger partial charge in [0.05, 0.1) is 35.6 Å². The first-order valence-corrected chi connectivity index (χ1v) is 12.5. The van der Waals surface area contributed by atoms with Gasteiger partial charge < -0.3 is 9.84 Å². The van der Waals surface area contributed by atoms with Crippen LogP contribution in [0.2, 0.25) is 0 Å². The van der Waals surface area contributed by atoms with Crippen molar-refractivity contribution in [3.05, 3.63) is 98.5 Å². The van der Waals surface area contributed by atoms with Crippen LogP contribution in [0, 0.1) is 22.0 Å². The topological polar surface area (TPSA) is 139 Å². The van der Waals surface area contributed by atoms with Gasteiger partial charge in [0.2, 0.25) is 11.8 Å². The molecule has 3 aromatic rings. The third-order valence-electron chi connectivity index (χ3n) is 7.21. The number of non-ortho nitro benzene ring substituents is 1. The first-order valence-electron chi connectivity index (χ1n) is 11.7. The Morgan fingerprint density at radius 1 is 1.11 bits per heavy atom. The van der Waals surface area contributed by atoms with E-state index in [1.165, 1.54) is 19.2 Å². The van der Waals surface area contributed by atoms with Crippen LogP contribution in [-0.2, 0) is 20.8 Å². The summed E-state index contributed by atoms with van der Waals surface area (Å²) in [5, 5.41) is 25.0. The highest BCUT2D eigenvalue weighted by molar-refractivity contribution is 9.10. The highest BCUT2D eigenvalue weighted by atomic mass is 79.9. The predicted octanol–water partition coefficient (Wildman–Crippen LogP) is 3.88. The molecular weight excluding hydrogens is 558 g/mol. The maximum absolute atomic E-state index is 14.0. The number of nitro groups is 1. The van der Waals surface area contributed by atoms with Gasteiger partial charge in [-0.3, -0.25) is 29.8 Å². The SMILES string of the molecule is COc1cc([N+](=O)[O-])ccc1N1C(=O)[C@H]2[C@@H](C1=O)[C@@](Cc1ccccc1)(C(=O)O)N[C@H]2c1ccc(Br)cc1. The number of fused-ring (bicyclic) bond motifs is 1. The number of anilines is 1. The molecule has 2 amide bonds. The van der Waals surface area contributed by atoms with Gasteiger partial charge in [0.25, 0.3) is 5.69 Å². The lowest BCUT2D eigenvalue weighted by atomic mass is 9.76. The van der Waals surface area contributed by atoms with Gasteiger partial charge in [-0.1, -0.05) is 58.4 Å². The molecule has 38 heavy (non-hydrogen) atoms. The molecule has 2 fully saturated rings. The molecule has 2 heterocycles. The van der Waals surface area contributed by atoms with Crippen LogP contribution in [0.4, 0.5) is 11.4 Å². The fourth-order valence-corrected chi connectivity index (χ4v) is 5.78. The summed E-state index contributed by atoms with van der Waals surface area (Å²) in [7, 11) is 1.28. The third-order valence-corrected chi connectivity index (χ3v) is 7.73. The van der Waals surface area contributed by atoms with E-state index >= 15 is 0 Å². The van der Waals surface area contributed by atoms with Gasteiger partial charge in [0, 0.05) is 23.0 Å². The number of carbonyl (C=O) groups is 3. The number of ether oxygens (including phenoxy) is 1. The maximum Gasteiger partial charge on any atom is 0.325 e. The molecule has 11 heteroatoms. The molecule has 0 unspecified atom stereocenters. The molecule has 2 N–H and O–H groups in total. The van der Waals surface area contributed by atoms with E-state index < -0.39 is 46.1 Å². The van der Waals surface area contributed by atoms with Gasteiger partial charge in [-0.25, -0.2) is 4.90 Å². The minimum Gasteiger partial charge on any atom is -0.494 e. The number of nitrogens with one attached hydrogen (secondary N) is 1. The summed E-state index contributed by atoms with van der Waals surface area (Å²) >= 11 is 3.39. The van der Waals surface area contributed by atoms with Crippen molar-refractivity contribution >= 4 is 45.1 Å². The molecule has 2 aliphatic rings. The Kier molecular flexibility index (Phi) is 6.49. The summed E-state index contributed by atoms with van der Waals surface area (Å²) < 4.78 is 6.10. The van der Waals surface area contributed by atoms with Gasteiger partial charge in [-0.15, -0.1) is 0 Å². The van der Waals surface area contributed by atoms with Crippen LogP contribution in [0.1, 0.15) is 17.2 Å². The highest BCUT2D eigenvalue weighted by Gasteiger charge is 2.68. The highest BCUT2D eigenvalue weighted by Crippen LogP contribution is 2.52. The zero-order chi connectivity index (χ0) is 27.2. The minimum absolute atomic E-state index is 0.0241. The molecule has 2 saturated heterocycles. The van der Waals surface area contributed by atoms with Gasteiger partial charge in [0.15, 0.2) is 0 Å². The number of amides is 2. The first-order chi connectivity index (χ1) is 18.2. The Bertz CT molecular complexity index is 1450. The van der Waals surface area contributed by atoms with Crippen LogP contribution >= 0.6 is 15.9 Å². The van der Waals surface area contributed by atoms with Crippen molar-refractivity contribution in [3.8, 4) is 5.75 Å². The van der Waals surface area contributed by atoms with Crippen LogP contribution in [-0.4, -0.2) is 40.5 Å². The summed E-state index contributed by atoms with van der Waals surface area (Å²) in [6, 6.07) is 18.8. The van der Waals surface area contributed by atoms with Crippen LogP contribution in [0.3, 0.4) is 0 Å². The number of halogens is 1. The molecule has 0 saturated carbocycles. The van der Waals surface area contributed by atoms with E-state index in [0.717, 1.165) is 15.4 Å². The first kappa shape index (κ1) is 25.6. The molecule has 0 spiro atoms. The zero-order valence-corrected chi connectivity index (χ0v) is 21.6. The van der Waals surface area contributed by atoms with Gasteiger partial charge in [0.1, 0.15) is 11.3 Å². The van der Waals surface area contributed by atoms with Crippen molar-refractivity contribution < 1.29 is 29.2 Å². The van der Waals surface area contributed by atoms with Gasteiger partial charge in [-0.2, -0.15) is 0 Å². The summed E-state index contributed by atoms with van der Waals surface area (Å²) in [4.78, 5) is 52.6. The van der Waals surface area contributed by atoms with Crippen molar-refractivity contribution in [1.29, 1.82) is 0 Å². The number of aliphatic carboxylic acids is 1.